The number of aromatic hydroxyl groups is 1. The Hall–Kier alpha value is -2.33. The first-order valence-electron chi connectivity index (χ1n) is 8.72. The highest BCUT2D eigenvalue weighted by Gasteiger charge is 2.43. The van der Waals surface area contributed by atoms with Crippen LogP contribution in [0.4, 0.5) is 0 Å². The highest BCUT2D eigenvalue weighted by atomic mass is 16.4. The van der Waals surface area contributed by atoms with Crippen molar-refractivity contribution in [2.75, 3.05) is 13.1 Å². The van der Waals surface area contributed by atoms with Crippen molar-refractivity contribution >= 4 is 5.97 Å². The van der Waals surface area contributed by atoms with Crippen LogP contribution in [0.15, 0.2) is 42.5 Å². The molecule has 132 valence electrons. The number of aryl methyl sites for hydroxylation is 2. The van der Waals surface area contributed by atoms with Gasteiger partial charge in [0.1, 0.15) is 5.75 Å². The normalized spacial score (nSPS) is 17.4. The molecule has 0 saturated carbocycles. The van der Waals surface area contributed by atoms with Crippen LogP contribution in [0.2, 0.25) is 0 Å². The molecule has 2 aromatic carbocycles. The van der Waals surface area contributed by atoms with Gasteiger partial charge in [0.15, 0.2) is 0 Å². The molecule has 0 radical (unpaired) electrons. The molecule has 0 spiro atoms. The van der Waals surface area contributed by atoms with E-state index in [0.29, 0.717) is 12.8 Å². The van der Waals surface area contributed by atoms with Crippen molar-refractivity contribution < 1.29 is 15.0 Å². The molecule has 1 heterocycles. The SMILES string of the molecule is Cc1ccc(CN2CCC(C(=O)O)(c3ccc(O)cc3)CC2)cc1C. The predicted octanol–water partition coefficient (Wildman–Crippen LogP) is 3.63. The Balaban J connectivity index is 1.73. The zero-order chi connectivity index (χ0) is 18.0. The number of carbonyl (C=O) groups is 1. The zero-order valence-corrected chi connectivity index (χ0v) is 14.8. The number of phenols is 1. The lowest BCUT2D eigenvalue weighted by Crippen LogP contribution is -2.47. The van der Waals surface area contributed by atoms with E-state index in [0.717, 1.165) is 25.2 Å². The molecule has 25 heavy (non-hydrogen) atoms. The maximum Gasteiger partial charge on any atom is 0.314 e. The molecule has 0 bridgehead atoms. The van der Waals surface area contributed by atoms with Crippen LogP contribution in [0, 0.1) is 13.8 Å². The molecule has 1 fully saturated rings. The van der Waals surface area contributed by atoms with Crippen LogP contribution < -0.4 is 0 Å². The van der Waals surface area contributed by atoms with Crippen molar-refractivity contribution in [1.82, 2.24) is 4.90 Å². The van der Waals surface area contributed by atoms with E-state index in [1.165, 1.54) is 16.7 Å². The van der Waals surface area contributed by atoms with Gasteiger partial charge in [-0.05, 0) is 74.2 Å². The molecule has 1 aliphatic rings. The molecule has 2 N–H and O–H groups in total. The second-order valence-electron chi connectivity index (χ2n) is 7.13. The summed E-state index contributed by atoms with van der Waals surface area (Å²) in [6.07, 6.45) is 1.16. The first-order valence-corrected chi connectivity index (χ1v) is 8.72. The number of nitrogens with zero attached hydrogens (tertiary/aromatic N) is 1. The smallest absolute Gasteiger partial charge is 0.314 e. The van der Waals surface area contributed by atoms with E-state index in [1.54, 1.807) is 24.3 Å². The fraction of sp³-hybridized carbons (Fsp3) is 0.381. The Labute approximate surface area is 148 Å². The minimum atomic E-state index is -0.854. The third-order valence-corrected chi connectivity index (χ3v) is 5.52. The Kier molecular flexibility index (Phi) is 4.82. The fourth-order valence-electron chi connectivity index (χ4n) is 3.66. The van der Waals surface area contributed by atoms with Gasteiger partial charge in [0.05, 0.1) is 5.41 Å². The van der Waals surface area contributed by atoms with Crippen molar-refractivity contribution in [2.45, 2.75) is 38.6 Å². The largest absolute Gasteiger partial charge is 0.508 e. The summed E-state index contributed by atoms with van der Waals surface area (Å²) in [4.78, 5) is 14.4. The second kappa shape index (κ2) is 6.89. The molecular weight excluding hydrogens is 314 g/mol. The number of rotatable bonds is 4. The summed E-state index contributed by atoms with van der Waals surface area (Å²) >= 11 is 0. The summed E-state index contributed by atoms with van der Waals surface area (Å²) in [5, 5.41) is 19.3. The molecule has 0 aliphatic carbocycles. The molecular formula is C21H25NO3. The number of carboxylic acid groups (broad SMARTS) is 1. The van der Waals surface area contributed by atoms with Gasteiger partial charge >= 0.3 is 5.97 Å². The van der Waals surface area contributed by atoms with Gasteiger partial charge in [-0.2, -0.15) is 0 Å². The molecule has 0 amide bonds. The van der Waals surface area contributed by atoms with E-state index in [4.69, 9.17) is 0 Å². The van der Waals surface area contributed by atoms with Crippen molar-refractivity contribution in [3.63, 3.8) is 0 Å². The predicted molar refractivity (Wildman–Crippen MR) is 97.8 cm³/mol. The molecule has 0 unspecified atom stereocenters. The van der Waals surface area contributed by atoms with E-state index in [9.17, 15) is 15.0 Å². The number of piperidine rings is 1. The van der Waals surface area contributed by atoms with Crippen LogP contribution in [0.25, 0.3) is 0 Å². The Morgan fingerprint density at radius 3 is 2.24 bits per heavy atom. The highest BCUT2D eigenvalue weighted by molar-refractivity contribution is 5.81. The molecule has 0 aromatic heterocycles. The molecule has 0 atom stereocenters. The quantitative estimate of drug-likeness (QED) is 0.893. The summed E-state index contributed by atoms with van der Waals surface area (Å²) in [6.45, 7) is 6.58. The fourth-order valence-corrected chi connectivity index (χ4v) is 3.66. The first-order chi connectivity index (χ1) is 11.9. The summed E-state index contributed by atoms with van der Waals surface area (Å²) in [5.74, 6) is -0.611. The van der Waals surface area contributed by atoms with Crippen molar-refractivity contribution in [3.8, 4) is 5.75 Å². The lowest BCUT2D eigenvalue weighted by Gasteiger charge is -2.39. The van der Waals surface area contributed by atoms with Gasteiger partial charge in [-0.25, -0.2) is 0 Å². The lowest BCUT2D eigenvalue weighted by molar-refractivity contribution is -0.146. The van der Waals surface area contributed by atoms with Crippen LogP contribution in [0.1, 0.15) is 35.1 Å². The molecule has 4 nitrogen and oxygen atoms in total. The Morgan fingerprint density at radius 1 is 1.04 bits per heavy atom. The highest BCUT2D eigenvalue weighted by Crippen LogP contribution is 2.37. The standard InChI is InChI=1S/C21H25NO3/c1-15-3-4-17(13-16(15)2)14-22-11-9-21(10-12-22,20(24)25)18-5-7-19(23)8-6-18/h3-8,13,23H,9-12,14H2,1-2H3,(H,24,25). The average molecular weight is 339 g/mol. The van der Waals surface area contributed by atoms with E-state index in [1.807, 2.05) is 0 Å². The Morgan fingerprint density at radius 2 is 1.68 bits per heavy atom. The third-order valence-electron chi connectivity index (χ3n) is 5.52. The zero-order valence-electron chi connectivity index (χ0n) is 14.8. The first kappa shape index (κ1) is 17.5. The van der Waals surface area contributed by atoms with Crippen LogP contribution in [-0.4, -0.2) is 34.2 Å². The van der Waals surface area contributed by atoms with E-state index >= 15 is 0 Å². The summed E-state index contributed by atoms with van der Waals surface area (Å²) in [5.41, 5.74) is 3.78. The van der Waals surface area contributed by atoms with E-state index in [2.05, 4.69) is 36.9 Å². The number of aliphatic carboxylic acids is 1. The monoisotopic (exact) mass is 339 g/mol. The van der Waals surface area contributed by atoms with Crippen molar-refractivity contribution in [3.05, 3.63) is 64.7 Å². The number of likely N-dealkylation sites (tertiary alicyclic amines) is 1. The van der Waals surface area contributed by atoms with Gasteiger partial charge in [0.2, 0.25) is 0 Å². The molecule has 4 heteroatoms. The maximum atomic E-state index is 12.0. The number of carboxylic acids is 1. The Bertz CT molecular complexity index is 759. The van der Waals surface area contributed by atoms with Gasteiger partial charge < -0.3 is 10.2 Å². The molecule has 1 saturated heterocycles. The van der Waals surface area contributed by atoms with Crippen LogP contribution >= 0.6 is 0 Å². The topological polar surface area (TPSA) is 60.8 Å². The third kappa shape index (κ3) is 3.54. The second-order valence-corrected chi connectivity index (χ2v) is 7.13. The van der Waals surface area contributed by atoms with Crippen LogP contribution in [-0.2, 0) is 16.8 Å². The molecule has 3 rings (SSSR count). The molecule has 1 aliphatic heterocycles. The number of benzene rings is 2. The number of phenolic OH excluding ortho intramolecular Hbond substituents is 1. The minimum absolute atomic E-state index is 0.163. The summed E-state index contributed by atoms with van der Waals surface area (Å²) < 4.78 is 0. The van der Waals surface area contributed by atoms with E-state index in [-0.39, 0.29) is 5.75 Å². The van der Waals surface area contributed by atoms with Crippen molar-refractivity contribution in [2.24, 2.45) is 0 Å². The van der Waals surface area contributed by atoms with E-state index < -0.39 is 11.4 Å². The van der Waals surface area contributed by atoms with Gasteiger partial charge in [-0.15, -0.1) is 0 Å². The van der Waals surface area contributed by atoms with Crippen LogP contribution in [0.5, 0.6) is 5.75 Å². The number of hydrogen-bond donors (Lipinski definition) is 2. The van der Waals surface area contributed by atoms with Gasteiger partial charge in [-0.1, -0.05) is 30.3 Å². The van der Waals surface area contributed by atoms with Gasteiger partial charge in [-0.3, -0.25) is 9.69 Å². The van der Waals surface area contributed by atoms with Gasteiger partial charge in [0, 0.05) is 6.54 Å². The average Bonchev–Trinajstić information content (AvgIpc) is 2.59. The number of hydrogen-bond acceptors (Lipinski definition) is 3. The molecule has 2 aromatic rings. The van der Waals surface area contributed by atoms with Gasteiger partial charge in [0.25, 0.3) is 0 Å². The minimum Gasteiger partial charge on any atom is -0.508 e. The van der Waals surface area contributed by atoms with Crippen molar-refractivity contribution in [1.29, 1.82) is 0 Å². The van der Waals surface area contributed by atoms with Crippen LogP contribution in [0.3, 0.4) is 0 Å². The summed E-state index contributed by atoms with van der Waals surface area (Å²) in [7, 11) is 0. The maximum absolute atomic E-state index is 12.0. The lowest BCUT2D eigenvalue weighted by atomic mass is 9.72. The summed E-state index contributed by atoms with van der Waals surface area (Å²) in [6, 6.07) is 13.1.